The van der Waals surface area contributed by atoms with Crippen molar-refractivity contribution in [2.45, 2.75) is 12.3 Å². The number of hydrogen-bond acceptors (Lipinski definition) is 3. The number of carbonyl (C=O) groups is 2. The van der Waals surface area contributed by atoms with Gasteiger partial charge in [0, 0.05) is 18.5 Å². The predicted molar refractivity (Wildman–Crippen MR) is 70.9 cm³/mol. The number of methoxy groups -OCH3 is 1. The molecule has 0 aliphatic rings. The predicted octanol–water partition coefficient (Wildman–Crippen LogP) is 1.84. The van der Waals surface area contributed by atoms with Crippen LogP contribution in [0.3, 0.4) is 0 Å². The van der Waals surface area contributed by atoms with E-state index in [1.54, 1.807) is 31.2 Å². The molecule has 0 aliphatic carbocycles. The molecule has 5 nitrogen and oxygen atoms in total. The van der Waals surface area contributed by atoms with Crippen LogP contribution in [0.2, 0.25) is 0 Å². The lowest BCUT2D eigenvalue weighted by molar-refractivity contribution is -0.119. The molecule has 0 spiro atoms. The third-order valence-corrected chi connectivity index (χ3v) is 2.25. The van der Waals surface area contributed by atoms with Gasteiger partial charge in [0.25, 0.3) is 0 Å². The average molecular weight is 271 g/mol. The van der Waals surface area contributed by atoms with E-state index in [0.29, 0.717) is 11.4 Å². The Kier molecular flexibility index (Phi) is 5.61. The van der Waals surface area contributed by atoms with Gasteiger partial charge < -0.3 is 15.4 Å². The molecule has 1 unspecified atom stereocenters. The second kappa shape index (κ2) is 6.98. The zero-order valence-corrected chi connectivity index (χ0v) is 11.0. The van der Waals surface area contributed by atoms with Crippen molar-refractivity contribution in [1.82, 2.24) is 0 Å². The molecule has 6 heteroatoms. The van der Waals surface area contributed by atoms with Crippen LogP contribution < -0.4 is 10.6 Å². The summed E-state index contributed by atoms with van der Waals surface area (Å²) in [5, 5.41) is 4.66. The second-order valence-corrected chi connectivity index (χ2v) is 4.32. The third-order valence-electron chi connectivity index (χ3n) is 2.05. The Bertz CT molecular complexity index is 435. The lowest BCUT2D eigenvalue weighted by atomic mass is 10.2. The Labute approximate surface area is 110 Å². The van der Waals surface area contributed by atoms with Crippen molar-refractivity contribution in [3.05, 3.63) is 24.3 Å². The molecule has 98 valence electrons. The highest BCUT2D eigenvalue weighted by molar-refractivity contribution is 6.32. The summed E-state index contributed by atoms with van der Waals surface area (Å²) in [6.07, 6.45) is 0. The molecular weight excluding hydrogens is 256 g/mol. The van der Waals surface area contributed by atoms with E-state index in [1.807, 2.05) is 0 Å². The summed E-state index contributed by atoms with van der Waals surface area (Å²) in [7, 11) is 1.44. The van der Waals surface area contributed by atoms with Crippen molar-refractivity contribution < 1.29 is 14.3 Å². The smallest absolute Gasteiger partial charge is 0.250 e. The van der Waals surface area contributed by atoms with E-state index < -0.39 is 5.38 Å². The summed E-state index contributed by atoms with van der Waals surface area (Å²) in [5.41, 5.74) is 1.15. The van der Waals surface area contributed by atoms with Crippen LogP contribution in [0.1, 0.15) is 6.92 Å². The first kappa shape index (κ1) is 14.5. The van der Waals surface area contributed by atoms with E-state index >= 15 is 0 Å². The monoisotopic (exact) mass is 270 g/mol. The van der Waals surface area contributed by atoms with Gasteiger partial charge in [-0.3, -0.25) is 9.59 Å². The van der Waals surface area contributed by atoms with Gasteiger partial charge in [0.1, 0.15) is 12.0 Å². The van der Waals surface area contributed by atoms with Gasteiger partial charge in [0.15, 0.2) is 0 Å². The highest BCUT2D eigenvalue weighted by atomic mass is 35.5. The molecule has 0 radical (unpaired) electrons. The van der Waals surface area contributed by atoms with Crippen LogP contribution in [-0.2, 0) is 14.3 Å². The summed E-state index contributed by atoms with van der Waals surface area (Å²) in [5.74, 6) is -0.552. The number of nitrogens with one attached hydrogen (secondary N) is 2. The van der Waals surface area contributed by atoms with Gasteiger partial charge in [-0.05, 0) is 25.1 Å². The first-order valence-electron chi connectivity index (χ1n) is 5.36. The number of benzene rings is 1. The Morgan fingerprint density at radius 2 is 1.94 bits per heavy atom. The van der Waals surface area contributed by atoms with Crippen LogP contribution in [-0.4, -0.2) is 30.9 Å². The second-order valence-electron chi connectivity index (χ2n) is 3.67. The lowest BCUT2D eigenvalue weighted by Crippen LogP contribution is -2.20. The fourth-order valence-corrected chi connectivity index (χ4v) is 1.30. The van der Waals surface area contributed by atoms with Gasteiger partial charge in [0.05, 0.1) is 0 Å². The van der Waals surface area contributed by atoms with E-state index in [4.69, 9.17) is 16.3 Å². The summed E-state index contributed by atoms with van der Waals surface area (Å²) in [4.78, 5) is 22.7. The van der Waals surface area contributed by atoms with E-state index in [1.165, 1.54) is 7.11 Å². The van der Waals surface area contributed by atoms with Crippen LogP contribution in [0.4, 0.5) is 11.4 Å². The van der Waals surface area contributed by atoms with Crippen LogP contribution in [0.15, 0.2) is 24.3 Å². The van der Waals surface area contributed by atoms with Gasteiger partial charge in [-0.15, -0.1) is 11.6 Å². The van der Waals surface area contributed by atoms with Crippen LogP contribution in [0.5, 0.6) is 0 Å². The fourth-order valence-electron chi connectivity index (χ4n) is 1.24. The fraction of sp³-hybridized carbons (Fsp3) is 0.333. The zero-order chi connectivity index (χ0) is 13.5. The summed E-state index contributed by atoms with van der Waals surface area (Å²) < 4.78 is 4.70. The summed E-state index contributed by atoms with van der Waals surface area (Å²) in [6, 6.07) is 6.79. The van der Waals surface area contributed by atoms with Gasteiger partial charge in [-0.2, -0.15) is 0 Å². The van der Waals surface area contributed by atoms with Crippen LogP contribution in [0.25, 0.3) is 0 Å². The number of alkyl halides is 1. The van der Waals surface area contributed by atoms with Crippen molar-refractivity contribution in [3.63, 3.8) is 0 Å². The molecular formula is C12H15ClN2O3. The van der Waals surface area contributed by atoms with Gasteiger partial charge >= 0.3 is 0 Å². The maximum atomic E-state index is 11.4. The normalized spacial score (nSPS) is 11.7. The first-order valence-corrected chi connectivity index (χ1v) is 5.80. The number of rotatable bonds is 5. The molecule has 2 amide bonds. The van der Waals surface area contributed by atoms with Gasteiger partial charge in [0.2, 0.25) is 11.8 Å². The quantitative estimate of drug-likeness (QED) is 0.802. The molecule has 0 heterocycles. The molecule has 1 atom stereocenters. The third kappa shape index (κ3) is 4.73. The van der Waals surface area contributed by atoms with E-state index in [2.05, 4.69) is 10.6 Å². The number of amides is 2. The summed E-state index contributed by atoms with van der Waals surface area (Å²) in [6.45, 7) is 1.57. The van der Waals surface area contributed by atoms with E-state index in [9.17, 15) is 9.59 Å². The molecule has 1 rings (SSSR count). The molecule has 0 saturated carbocycles. The highest BCUT2D eigenvalue weighted by Crippen LogP contribution is 2.15. The largest absolute Gasteiger partial charge is 0.375 e. The Balaban J connectivity index is 2.67. The topological polar surface area (TPSA) is 67.4 Å². The number of ether oxygens (including phenoxy) is 1. The SMILES string of the molecule is COCC(=O)Nc1cccc(NC(=O)C(C)Cl)c1. The van der Waals surface area contributed by atoms with Gasteiger partial charge in [-0.1, -0.05) is 6.07 Å². The maximum absolute atomic E-state index is 11.4. The molecule has 0 aliphatic heterocycles. The average Bonchev–Trinajstić information content (AvgIpc) is 2.29. The van der Waals surface area contributed by atoms with Crippen LogP contribution >= 0.6 is 11.6 Å². The Morgan fingerprint density at radius 3 is 2.50 bits per heavy atom. The Hall–Kier alpha value is -1.59. The molecule has 0 bridgehead atoms. The van der Waals surface area contributed by atoms with E-state index in [0.717, 1.165) is 0 Å². The lowest BCUT2D eigenvalue weighted by Gasteiger charge is -2.09. The van der Waals surface area contributed by atoms with Crippen molar-refractivity contribution in [3.8, 4) is 0 Å². The number of anilines is 2. The highest BCUT2D eigenvalue weighted by Gasteiger charge is 2.09. The summed E-state index contributed by atoms with van der Waals surface area (Å²) >= 11 is 5.65. The molecule has 18 heavy (non-hydrogen) atoms. The maximum Gasteiger partial charge on any atom is 0.250 e. The standard InChI is InChI=1S/C12H15ClN2O3/c1-8(13)12(17)15-10-5-3-4-9(6-10)14-11(16)7-18-2/h3-6,8H,7H2,1-2H3,(H,14,16)(H,15,17). The molecule has 1 aromatic carbocycles. The van der Waals surface area contributed by atoms with E-state index in [-0.39, 0.29) is 18.4 Å². The minimum Gasteiger partial charge on any atom is -0.375 e. The number of halogens is 1. The minimum atomic E-state index is -0.614. The molecule has 0 aromatic heterocycles. The molecule has 2 N–H and O–H groups in total. The zero-order valence-electron chi connectivity index (χ0n) is 10.2. The first-order chi connectivity index (χ1) is 8.52. The molecule has 0 fully saturated rings. The number of carbonyl (C=O) groups excluding carboxylic acids is 2. The van der Waals surface area contributed by atoms with Crippen molar-refractivity contribution in [2.24, 2.45) is 0 Å². The molecule has 1 aromatic rings. The van der Waals surface area contributed by atoms with Gasteiger partial charge in [-0.25, -0.2) is 0 Å². The van der Waals surface area contributed by atoms with Crippen molar-refractivity contribution in [1.29, 1.82) is 0 Å². The van der Waals surface area contributed by atoms with Crippen LogP contribution in [0, 0.1) is 0 Å². The Morgan fingerprint density at radius 1 is 1.33 bits per heavy atom. The molecule has 0 saturated heterocycles. The number of hydrogen-bond donors (Lipinski definition) is 2. The van der Waals surface area contributed by atoms with Crippen molar-refractivity contribution in [2.75, 3.05) is 24.4 Å². The minimum absolute atomic E-state index is 0.0186. The van der Waals surface area contributed by atoms with Crippen molar-refractivity contribution >= 4 is 34.8 Å².